The van der Waals surface area contributed by atoms with Gasteiger partial charge in [0.25, 0.3) is 0 Å². The van der Waals surface area contributed by atoms with Crippen LogP contribution in [0.4, 0.5) is 5.69 Å². The molecular formula is C15H22ClNO3. The third kappa shape index (κ3) is 5.19. The Morgan fingerprint density at radius 3 is 2.80 bits per heavy atom. The minimum absolute atomic E-state index is 0.223. The summed E-state index contributed by atoms with van der Waals surface area (Å²) < 4.78 is 11.3. The van der Waals surface area contributed by atoms with Crippen molar-refractivity contribution in [3.63, 3.8) is 0 Å². The summed E-state index contributed by atoms with van der Waals surface area (Å²) >= 11 is 5.54. The van der Waals surface area contributed by atoms with E-state index in [0.29, 0.717) is 13.2 Å². The van der Waals surface area contributed by atoms with E-state index in [1.807, 2.05) is 24.3 Å². The van der Waals surface area contributed by atoms with Crippen LogP contribution in [-0.4, -0.2) is 43.0 Å². The highest BCUT2D eigenvalue weighted by Gasteiger charge is 2.14. The normalized spacial score (nSPS) is 20.4. The average Bonchev–Trinajstić information content (AvgIpc) is 2.52. The summed E-state index contributed by atoms with van der Waals surface area (Å²) in [5, 5.41) is 12.5. The Labute approximate surface area is 125 Å². The number of hydrogen-bond acceptors (Lipinski definition) is 4. The molecule has 2 unspecified atom stereocenters. The van der Waals surface area contributed by atoms with Crippen LogP contribution in [0.15, 0.2) is 24.3 Å². The molecule has 0 spiro atoms. The summed E-state index contributed by atoms with van der Waals surface area (Å²) in [6.07, 6.45) is 3.15. The summed E-state index contributed by atoms with van der Waals surface area (Å²) in [7, 11) is 0. The van der Waals surface area contributed by atoms with Crippen molar-refractivity contribution in [3.8, 4) is 5.75 Å². The van der Waals surface area contributed by atoms with Crippen molar-refractivity contribution in [2.45, 2.75) is 31.5 Å². The fraction of sp³-hybridized carbons (Fsp3) is 0.600. The second-order valence-corrected chi connectivity index (χ2v) is 5.32. The summed E-state index contributed by atoms with van der Waals surface area (Å²) in [4.78, 5) is 0. The van der Waals surface area contributed by atoms with E-state index in [4.69, 9.17) is 21.1 Å². The molecule has 20 heavy (non-hydrogen) atoms. The summed E-state index contributed by atoms with van der Waals surface area (Å²) in [5.41, 5.74) is 0.940. The molecule has 4 nitrogen and oxygen atoms in total. The lowest BCUT2D eigenvalue weighted by molar-refractivity contribution is -0.0110. The number of anilines is 1. The second-order valence-electron chi connectivity index (χ2n) is 5.01. The van der Waals surface area contributed by atoms with Crippen LogP contribution in [0.2, 0.25) is 0 Å². The van der Waals surface area contributed by atoms with Gasteiger partial charge in [-0.25, -0.2) is 0 Å². The molecule has 0 saturated carbocycles. The number of aliphatic hydroxyl groups is 1. The Morgan fingerprint density at radius 2 is 2.15 bits per heavy atom. The maximum absolute atomic E-state index is 9.37. The molecule has 112 valence electrons. The van der Waals surface area contributed by atoms with E-state index < -0.39 is 6.10 Å². The fourth-order valence-corrected chi connectivity index (χ4v) is 2.20. The molecule has 1 aliphatic heterocycles. The number of rotatable bonds is 7. The van der Waals surface area contributed by atoms with Crippen LogP contribution in [0.5, 0.6) is 5.75 Å². The van der Waals surface area contributed by atoms with Gasteiger partial charge in [-0.3, -0.25) is 0 Å². The Balaban J connectivity index is 1.73. The van der Waals surface area contributed by atoms with E-state index in [1.54, 1.807) is 0 Å². The quantitative estimate of drug-likeness (QED) is 0.760. The Morgan fingerprint density at radius 1 is 1.35 bits per heavy atom. The zero-order valence-electron chi connectivity index (χ0n) is 11.6. The molecule has 1 aromatic carbocycles. The van der Waals surface area contributed by atoms with Crippen LogP contribution in [0.25, 0.3) is 0 Å². The minimum atomic E-state index is -0.531. The highest BCUT2D eigenvalue weighted by Crippen LogP contribution is 2.18. The molecule has 0 aliphatic carbocycles. The van der Waals surface area contributed by atoms with E-state index in [2.05, 4.69) is 5.32 Å². The molecule has 2 rings (SSSR count). The number of ether oxygens (including phenoxy) is 2. The van der Waals surface area contributed by atoms with Crippen molar-refractivity contribution in [3.05, 3.63) is 24.3 Å². The van der Waals surface area contributed by atoms with Crippen molar-refractivity contribution in [1.29, 1.82) is 0 Å². The van der Waals surface area contributed by atoms with Gasteiger partial charge in [-0.1, -0.05) is 0 Å². The first-order valence-corrected chi connectivity index (χ1v) is 7.64. The van der Waals surface area contributed by atoms with Gasteiger partial charge in [-0.2, -0.15) is 0 Å². The van der Waals surface area contributed by atoms with Crippen molar-refractivity contribution in [1.82, 2.24) is 0 Å². The molecule has 5 heteroatoms. The molecule has 1 fully saturated rings. The third-order valence-corrected chi connectivity index (χ3v) is 3.64. The average molecular weight is 300 g/mol. The Kier molecular flexibility index (Phi) is 6.43. The van der Waals surface area contributed by atoms with Gasteiger partial charge in [0.2, 0.25) is 0 Å². The summed E-state index contributed by atoms with van der Waals surface area (Å²) in [6.45, 7) is 1.90. The van der Waals surface area contributed by atoms with Crippen molar-refractivity contribution < 1.29 is 14.6 Å². The van der Waals surface area contributed by atoms with Gasteiger partial charge in [0.15, 0.2) is 0 Å². The van der Waals surface area contributed by atoms with E-state index >= 15 is 0 Å². The first-order chi connectivity index (χ1) is 9.78. The predicted molar refractivity (Wildman–Crippen MR) is 80.7 cm³/mol. The molecule has 1 aliphatic rings. The Bertz CT molecular complexity index is 379. The fourth-order valence-electron chi connectivity index (χ4n) is 2.09. The lowest BCUT2D eigenvalue weighted by Gasteiger charge is -2.22. The number of benzene rings is 1. The van der Waals surface area contributed by atoms with Crippen molar-refractivity contribution in [2.24, 2.45) is 0 Å². The smallest absolute Gasteiger partial charge is 0.119 e. The lowest BCUT2D eigenvalue weighted by atomic mass is 10.1. The highest BCUT2D eigenvalue weighted by atomic mass is 35.5. The van der Waals surface area contributed by atoms with Crippen LogP contribution in [0.3, 0.4) is 0 Å². The molecule has 2 atom stereocenters. The Hall–Kier alpha value is -0.970. The van der Waals surface area contributed by atoms with Gasteiger partial charge in [-0.15, -0.1) is 11.6 Å². The number of nitrogens with one attached hydrogen (secondary N) is 1. The first-order valence-electron chi connectivity index (χ1n) is 7.10. The minimum Gasteiger partial charge on any atom is -0.491 e. The van der Waals surface area contributed by atoms with E-state index in [9.17, 15) is 5.11 Å². The second kappa shape index (κ2) is 8.35. The first kappa shape index (κ1) is 15.4. The van der Waals surface area contributed by atoms with Gasteiger partial charge in [0.05, 0.1) is 18.1 Å². The summed E-state index contributed by atoms with van der Waals surface area (Å²) in [5.74, 6) is 1.07. The molecule has 0 amide bonds. The number of alkyl halides is 1. The van der Waals surface area contributed by atoms with Gasteiger partial charge in [-0.05, 0) is 43.5 Å². The van der Waals surface area contributed by atoms with Gasteiger partial charge >= 0.3 is 0 Å². The van der Waals surface area contributed by atoms with Crippen LogP contribution in [0.1, 0.15) is 19.3 Å². The highest BCUT2D eigenvalue weighted by molar-refractivity contribution is 6.18. The topological polar surface area (TPSA) is 50.7 Å². The molecule has 1 saturated heterocycles. The summed E-state index contributed by atoms with van der Waals surface area (Å²) in [6, 6.07) is 7.69. The molecular weight excluding hydrogens is 278 g/mol. The maximum atomic E-state index is 9.37. The van der Waals surface area contributed by atoms with Crippen molar-refractivity contribution in [2.75, 3.05) is 31.0 Å². The van der Waals surface area contributed by atoms with E-state index in [1.165, 1.54) is 6.42 Å². The monoisotopic (exact) mass is 299 g/mol. The largest absolute Gasteiger partial charge is 0.491 e. The standard InChI is InChI=1S/C15H22ClNO3/c16-9-13(18)10-17-12-4-6-14(7-5-12)20-11-15-3-1-2-8-19-15/h4-7,13,15,17-18H,1-3,8-11H2. The molecule has 0 bridgehead atoms. The van der Waals surface area contributed by atoms with Crippen LogP contribution in [-0.2, 0) is 4.74 Å². The van der Waals surface area contributed by atoms with Crippen LogP contribution in [0, 0.1) is 0 Å². The number of aliphatic hydroxyl groups excluding tert-OH is 1. The molecule has 0 aromatic heterocycles. The molecule has 1 heterocycles. The van der Waals surface area contributed by atoms with E-state index in [0.717, 1.165) is 30.9 Å². The SMILES string of the molecule is OC(CCl)CNc1ccc(OCC2CCCCO2)cc1. The molecule has 2 N–H and O–H groups in total. The number of hydrogen-bond donors (Lipinski definition) is 2. The van der Waals surface area contributed by atoms with Gasteiger partial charge in [0, 0.05) is 18.8 Å². The van der Waals surface area contributed by atoms with Gasteiger partial charge in [0.1, 0.15) is 12.4 Å². The third-order valence-electron chi connectivity index (χ3n) is 3.28. The van der Waals surface area contributed by atoms with Crippen LogP contribution < -0.4 is 10.1 Å². The van der Waals surface area contributed by atoms with Gasteiger partial charge < -0.3 is 19.9 Å². The zero-order chi connectivity index (χ0) is 14.2. The van der Waals surface area contributed by atoms with Crippen molar-refractivity contribution >= 4 is 17.3 Å². The zero-order valence-corrected chi connectivity index (χ0v) is 12.3. The predicted octanol–water partition coefficient (Wildman–Crippen LogP) is 2.65. The van der Waals surface area contributed by atoms with Crippen LogP contribution >= 0.6 is 11.6 Å². The molecule has 1 aromatic rings. The lowest BCUT2D eigenvalue weighted by Crippen LogP contribution is -2.25. The maximum Gasteiger partial charge on any atom is 0.119 e. The number of halogens is 1. The van der Waals surface area contributed by atoms with E-state index in [-0.39, 0.29) is 12.0 Å². The molecule has 0 radical (unpaired) electrons.